The zero-order valence-corrected chi connectivity index (χ0v) is 13.6. The predicted molar refractivity (Wildman–Crippen MR) is 86.2 cm³/mol. The minimum Gasteiger partial charge on any atom is -0.372 e. The van der Waals surface area contributed by atoms with Crippen molar-refractivity contribution >= 4 is 17.3 Å². The van der Waals surface area contributed by atoms with Gasteiger partial charge in [-0.1, -0.05) is 38.4 Å². The molecule has 0 radical (unpaired) electrons. The van der Waals surface area contributed by atoms with Crippen LogP contribution in [0.3, 0.4) is 0 Å². The molecule has 0 aromatic heterocycles. The maximum Gasteiger partial charge on any atom is 0.0471 e. The number of nitrogens with one attached hydrogen (secondary N) is 1. The Balaban J connectivity index is 2.94. The van der Waals surface area contributed by atoms with Crippen LogP contribution >= 0.6 is 11.6 Å². The molecule has 19 heavy (non-hydrogen) atoms. The third-order valence-corrected chi connectivity index (χ3v) is 3.85. The Bertz CT molecular complexity index is 390. The van der Waals surface area contributed by atoms with Gasteiger partial charge in [-0.2, -0.15) is 0 Å². The van der Waals surface area contributed by atoms with Crippen molar-refractivity contribution in [1.29, 1.82) is 0 Å². The summed E-state index contributed by atoms with van der Waals surface area (Å²) in [4.78, 5) is 2.35. The van der Waals surface area contributed by atoms with Gasteiger partial charge >= 0.3 is 0 Å². The molecule has 0 aliphatic rings. The first-order chi connectivity index (χ1) is 8.97. The summed E-state index contributed by atoms with van der Waals surface area (Å²) >= 11 is 6.35. The van der Waals surface area contributed by atoms with E-state index in [1.165, 1.54) is 17.7 Å². The monoisotopic (exact) mass is 282 g/mol. The van der Waals surface area contributed by atoms with Crippen LogP contribution in [-0.2, 0) is 6.54 Å². The van der Waals surface area contributed by atoms with E-state index in [4.69, 9.17) is 11.6 Å². The Hall–Kier alpha value is -0.730. The smallest absolute Gasteiger partial charge is 0.0471 e. The minimum absolute atomic E-state index is 0.513. The lowest BCUT2D eigenvalue weighted by Crippen LogP contribution is -2.31. The van der Waals surface area contributed by atoms with E-state index in [0.717, 1.165) is 18.1 Å². The third-order valence-electron chi connectivity index (χ3n) is 3.50. The van der Waals surface area contributed by atoms with Crippen LogP contribution in [0.15, 0.2) is 18.2 Å². The van der Waals surface area contributed by atoms with Crippen molar-refractivity contribution in [3.8, 4) is 0 Å². The molecule has 0 heterocycles. The number of anilines is 1. The second kappa shape index (κ2) is 7.76. The van der Waals surface area contributed by atoms with Gasteiger partial charge in [0.2, 0.25) is 0 Å². The summed E-state index contributed by atoms with van der Waals surface area (Å²) in [6.45, 7) is 10.7. The normalized spacial score (nSPS) is 12.8. The van der Waals surface area contributed by atoms with E-state index in [1.807, 2.05) is 12.1 Å². The molecule has 0 saturated heterocycles. The van der Waals surface area contributed by atoms with Crippen molar-refractivity contribution in [3.63, 3.8) is 0 Å². The van der Waals surface area contributed by atoms with Crippen LogP contribution in [0.2, 0.25) is 5.02 Å². The summed E-state index contributed by atoms with van der Waals surface area (Å²) in [5.74, 6) is 0.703. The molecule has 0 aliphatic carbocycles. The molecule has 1 N–H and O–H groups in total. The summed E-state index contributed by atoms with van der Waals surface area (Å²) in [6, 6.07) is 6.68. The Morgan fingerprint density at radius 3 is 2.53 bits per heavy atom. The van der Waals surface area contributed by atoms with Crippen molar-refractivity contribution in [2.75, 3.05) is 18.5 Å². The molecule has 0 spiro atoms. The molecule has 0 aliphatic heterocycles. The molecule has 1 aromatic rings. The van der Waals surface area contributed by atoms with Gasteiger partial charge in [-0.25, -0.2) is 0 Å². The third kappa shape index (κ3) is 4.70. The Morgan fingerprint density at radius 1 is 1.26 bits per heavy atom. The average Bonchev–Trinajstić information content (AvgIpc) is 2.35. The van der Waals surface area contributed by atoms with Gasteiger partial charge in [0.25, 0.3) is 0 Å². The van der Waals surface area contributed by atoms with Gasteiger partial charge in [-0.3, -0.25) is 0 Å². The van der Waals surface area contributed by atoms with Crippen LogP contribution in [-0.4, -0.2) is 19.6 Å². The highest BCUT2D eigenvalue weighted by Crippen LogP contribution is 2.29. The molecule has 0 fully saturated rings. The summed E-state index contributed by atoms with van der Waals surface area (Å²) in [5.41, 5.74) is 2.44. The summed E-state index contributed by atoms with van der Waals surface area (Å²) in [7, 11) is 2.16. The van der Waals surface area contributed by atoms with Crippen LogP contribution in [0, 0.1) is 5.92 Å². The first-order valence-electron chi connectivity index (χ1n) is 7.18. The van der Waals surface area contributed by atoms with Gasteiger partial charge in [-0.05, 0) is 37.9 Å². The lowest BCUT2D eigenvalue weighted by molar-refractivity contribution is 0.503. The summed E-state index contributed by atoms with van der Waals surface area (Å²) < 4.78 is 0. The largest absolute Gasteiger partial charge is 0.372 e. The maximum atomic E-state index is 6.35. The van der Waals surface area contributed by atoms with Gasteiger partial charge in [0.1, 0.15) is 0 Å². The molecular weight excluding hydrogens is 256 g/mol. The summed E-state index contributed by atoms with van der Waals surface area (Å²) in [5, 5.41) is 4.22. The molecule has 3 heteroatoms. The molecule has 2 nitrogen and oxygen atoms in total. The standard InChI is InChI=1S/C16H27ClN2/c1-6-18-11-14-15(17)8-7-9-16(14)19(5)13(4)10-12(2)3/h7-9,12-13,18H,6,10-11H2,1-5H3. The van der Waals surface area contributed by atoms with Gasteiger partial charge in [-0.15, -0.1) is 0 Å². The Morgan fingerprint density at radius 2 is 1.95 bits per heavy atom. The average molecular weight is 283 g/mol. The highest BCUT2D eigenvalue weighted by atomic mass is 35.5. The van der Waals surface area contributed by atoms with Crippen molar-refractivity contribution in [3.05, 3.63) is 28.8 Å². The van der Waals surface area contributed by atoms with E-state index < -0.39 is 0 Å². The van der Waals surface area contributed by atoms with Crippen LogP contribution in [0.5, 0.6) is 0 Å². The van der Waals surface area contributed by atoms with E-state index in [9.17, 15) is 0 Å². The second-order valence-corrected chi connectivity index (χ2v) is 6.01. The van der Waals surface area contributed by atoms with Gasteiger partial charge in [0, 0.05) is 35.9 Å². The molecule has 1 rings (SSSR count). The summed E-state index contributed by atoms with van der Waals surface area (Å²) in [6.07, 6.45) is 1.18. The lowest BCUT2D eigenvalue weighted by atomic mass is 10.0. The predicted octanol–water partition coefficient (Wildman–Crippen LogP) is 4.32. The van der Waals surface area contributed by atoms with E-state index in [1.54, 1.807) is 0 Å². The van der Waals surface area contributed by atoms with Crippen molar-refractivity contribution in [2.24, 2.45) is 5.92 Å². The fraction of sp³-hybridized carbons (Fsp3) is 0.625. The highest BCUT2D eigenvalue weighted by molar-refractivity contribution is 6.31. The molecular formula is C16H27ClN2. The zero-order chi connectivity index (χ0) is 14.4. The highest BCUT2D eigenvalue weighted by Gasteiger charge is 2.16. The molecule has 1 atom stereocenters. The molecule has 0 saturated carbocycles. The molecule has 1 aromatic carbocycles. The van der Waals surface area contributed by atoms with E-state index in [0.29, 0.717) is 12.0 Å². The number of hydrogen-bond donors (Lipinski definition) is 1. The van der Waals surface area contributed by atoms with Gasteiger partial charge < -0.3 is 10.2 Å². The fourth-order valence-corrected chi connectivity index (χ4v) is 2.62. The van der Waals surface area contributed by atoms with Gasteiger partial charge in [0.15, 0.2) is 0 Å². The number of rotatable bonds is 7. The molecule has 108 valence electrons. The Kier molecular flexibility index (Phi) is 6.67. The van der Waals surface area contributed by atoms with E-state index in [-0.39, 0.29) is 0 Å². The van der Waals surface area contributed by atoms with Crippen LogP contribution in [0.25, 0.3) is 0 Å². The zero-order valence-electron chi connectivity index (χ0n) is 12.8. The fourth-order valence-electron chi connectivity index (χ4n) is 2.38. The van der Waals surface area contributed by atoms with Crippen molar-refractivity contribution in [1.82, 2.24) is 5.32 Å². The first-order valence-corrected chi connectivity index (χ1v) is 7.56. The van der Waals surface area contributed by atoms with Gasteiger partial charge in [0.05, 0.1) is 0 Å². The van der Waals surface area contributed by atoms with E-state index >= 15 is 0 Å². The van der Waals surface area contributed by atoms with E-state index in [2.05, 4.69) is 51.0 Å². The quantitative estimate of drug-likeness (QED) is 0.801. The van der Waals surface area contributed by atoms with Crippen LogP contribution < -0.4 is 10.2 Å². The molecule has 0 amide bonds. The molecule has 0 bridgehead atoms. The number of benzene rings is 1. The Labute approximate surface area is 123 Å². The van der Waals surface area contributed by atoms with Crippen molar-refractivity contribution in [2.45, 2.75) is 46.7 Å². The number of hydrogen-bond acceptors (Lipinski definition) is 2. The molecule has 1 unspecified atom stereocenters. The topological polar surface area (TPSA) is 15.3 Å². The van der Waals surface area contributed by atoms with Crippen LogP contribution in [0.1, 0.15) is 39.7 Å². The maximum absolute atomic E-state index is 6.35. The second-order valence-electron chi connectivity index (χ2n) is 5.61. The number of nitrogens with zero attached hydrogens (tertiary/aromatic N) is 1. The minimum atomic E-state index is 0.513. The first kappa shape index (κ1) is 16.3. The number of halogens is 1. The SMILES string of the molecule is CCNCc1c(Cl)cccc1N(C)C(C)CC(C)C. The lowest BCUT2D eigenvalue weighted by Gasteiger charge is -2.30. The van der Waals surface area contributed by atoms with Crippen molar-refractivity contribution < 1.29 is 0 Å². The van der Waals surface area contributed by atoms with Crippen LogP contribution in [0.4, 0.5) is 5.69 Å².